The third-order valence-electron chi connectivity index (χ3n) is 4.95. The Morgan fingerprint density at radius 2 is 1.67 bits per heavy atom. The number of carbonyl (C=O) groups is 1. The van der Waals surface area contributed by atoms with Crippen molar-refractivity contribution in [2.75, 3.05) is 0 Å². The second kappa shape index (κ2) is 4.97. The van der Waals surface area contributed by atoms with E-state index in [2.05, 4.69) is 42.8 Å². The van der Waals surface area contributed by atoms with Crippen LogP contribution in [0.5, 0.6) is 0 Å². The smallest absolute Gasteiger partial charge is 0.193 e. The first-order valence-corrected chi connectivity index (χ1v) is 8.23. The summed E-state index contributed by atoms with van der Waals surface area (Å²) in [5.41, 5.74) is 2.86. The van der Waals surface area contributed by atoms with E-state index >= 15 is 0 Å². The van der Waals surface area contributed by atoms with Crippen molar-refractivity contribution in [2.24, 2.45) is 0 Å². The lowest BCUT2D eigenvalue weighted by Crippen LogP contribution is -2.11. The first-order valence-electron chi connectivity index (χ1n) is 8.23. The predicted molar refractivity (Wildman–Crippen MR) is 99.0 cm³/mol. The molecule has 0 radical (unpaired) electrons. The van der Waals surface area contributed by atoms with Gasteiger partial charge in [0.15, 0.2) is 5.78 Å². The molecule has 4 aromatic rings. The lowest BCUT2D eigenvalue weighted by Gasteiger charge is -2.13. The van der Waals surface area contributed by atoms with E-state index in [1.807, 2.05) is 36.4 Å². The van der Waals surface area contributed by atoms with Crippen molar-refractivity contribution in [1.29, 1.82) is 0 Å². The molecule has 4 aromatic carbocycles. The van der Waals surface area contributed by atoms with E-state index < -0.39 is 0 Å². The van der Waals surface area contributed by atoms with Gasteiger partial charge in [0.1, 0.15) is 11.3 Å². The lowest BCUT2D eigenvalue weighted by atomic mass is 9.87. The Hall–Kier alpha value is -3.06. The fraction of sp³-hybridized carbons (Fsp3) is 0.0435. The molecule has 0 amide bonds. The quantitative estimate of drug-likeness (QED) is 0.394. The maximum absolute atomic E-state index is 13.0. The van der Waals surface area contributed by atoms with Gasteiger partial charge in [0.2, 0.25) is 0 Å². The Morgan fingerprint density at radius 1 is 0.833 bits per heavy atom. The summed E-state index contributed by atoms with van der Waals surface area (Å²) in [5.74, 6) is 0.0876. The summed E-state index contributed by atoms with van der Waals surface area (Å²) in [6.07, 6.45) is 5.35. The van der Waals surface area contributed by atoms with E-state index in [0.29, 0.717) is 0 Å². The summed E-state index contributed by atoms with van der Waals surface area (Å²) in [6.45, 7) is 0. The summed E-state index contributed by atoms with van der Waals surface area (Å²) < 4.78 is 0. The average Bonchev–Trinajstić information content (AvgIpc) is 2.66. The SMILES string of the molecule is O=C(c1ccccc1)c1ccc2ccc3c4c(ccc1c24)C[CH+]C=3. The molecule has 1 aliphatic rings. The van der Waals surface area contributed by atoms with E-state index in [-0.39, 0.29) is 5.78 Å². The predicted octanol–water partition coefficient (Wildman–Crippen LogP) is 4.48. The highest BCUT2D eigenvalue weighted by Crippen LogP contribution is 2.32. The first-order chi connectivity index (χ1) is 11.8. The van der Waals surface area contributed by atoms with E-state index in [4.69, 9.17) is 0 Å². The third kappa shape index (κ3) is 1.82. The molecule has 0 saturated carbocycles. The van der Waals surface area contributed by atoms with Gasteiger partial charge in [-0.25, -0.2) is 0 Å². The Balaban J connectivity index is 1.88. The van der Waals surface area contributed by atoms with Gasteiger partial charge in [-0.15, -0.1) is 0 Å². The van der Waals surface area contributed by atoms with Crippen molar-refractivity contribution in [2.45, 2.75) is 6.42 Å². The van der Waals surface area contributed by atoms with E-state index in [1.165, 1.54) is 26.9 Å². The van der Waals surface area contributed by atoms with Crippen LogP contribution in [0, 0.1) is 6.42 Å². The molecule has 0 atom stereocenters. The van der Waals surface area contributed by atoms with Gasteiger partial charge in [0.25, 0.3) is 0 Å². The van der Waals surface area contributed by atoms with E-state index in [9.17, 15) is 4.79 Å². The van der Waals surface area contributed by atoms with Gasteiger partial charge in [-0.05, 0) is 22.9 Å². The topological polar surface area (TPSA) is 17.1 Å². The minimum atomic E-state index is 0.0876. The molecular formula is C23H15O+. The van der Waals surface area contributed by atoms with Crippen molar-refractivity contribution >= 4 is 33.4 Å². The number of benzene rings is 4. The minimum Gasteiger partial charge on any atom is -0.289 e. The number of hydrogen-bond donors (Lipinski definition) is 0. The molecule has 0 saturated heterocycles. The van der Waals surface area contributed by atoms with Gasteiger partial charge in [-0.1, -0.05) is 48.5 Å². The molecule has 0 bridgehead atoms. The highest BCUT2D eigenvalue weighted by molar-refractivity contribution is 6.22. The Bertz CT molecular complexity index is 1150. The lowest BCUT2D eigenvalue weighted by molar-refractivity contribution is 0.104. The van der Waals surface area contributed by atoms with Crippen LogP contribution in [0.15, 0.2) is 66.7 Å². The summed E-state index contributed by atoms with van der Waals surface area (Å²) in [5, 5.41) is 6.02. The van der Waals surface area contributed by atoms with Crippen LogP contribution in [0.4, 0.5) is 0 Å². The van der Waals surface area contributed by atoms with Gasteiger partial charge in [-0.3, -0.25) is 4.79 Å². The number of rotatable bonds is 2. The van der Waals surface area contributed by atoms with Crippen LogP contribution >= 0.6 is 0 Å². The van der Waals surface area contributed by atoms with Crippen molar-refractivity contribution < 1.29 is 4.79 Å². The zero-order valence-corrected chi connectivity index (χ0v) is 13.1. The van der Waals surface area contributed by atoms with Gasteiger partial charge < -0.3 is 0 Å². The molecule has 0 heterocycles. The zero-order valence-electron chi connectivity index (χ0n) is 13.1. The molecule has 0 aromatic heterocycles. The first kappa shape index (κ1) is 13.4. The van der Waals surface area contributed by atoms with Crippen molar-refractivity contribution in [3.8, 4) is 0 Å². The molecule has 1 nitrogen and oxygen atoms in total. The van der Waals surface area contributed by atoms with Crippen LogP contribution in [0.3, 0.4) is 0 Å². The van der Waals surface area contributed by atoms with Gasteiger partial charge in [0, 0.05) is 34.6 Å². The fourth-order valence-electron chi connectivity index (χ4n) is 3.81. The number of carbonyl (C=O) groups excluding carboxylic acids is 1. The molecular weight excluding hydrogens is 292 g/mol. The van der Waals surface area contributed by atoms with Crippen LogP contribution in [0.2, 0.25) is 0 Å². The summed E-state index contributed by atoms with van der Waals surface area (Å²) in [4.78, 5) is 13.0. The Kier molecular flexibility index (Phi) is 2.77. The second-order valence-corrected chi connectivity index (χ2v) is 6.31. The highest BCUT2D eigenvalue weighted by atomic mass is 16.1. The molecule has 0 spiro atoms. The van der Waals surface area contributed by atoms with Crippen LogP contribution in [-0.2, 0) is 6.42 Å². The third-order valence-corrected chi connectivity index (χ3v) is 4.95. The second-order valence-electron chi connectivity index (χ2n) is 6.31. The molecule has 1 aliphatic carbocycles. The monoisotopic (exact) mass is 307 g/mol. The van der Waals surface area contributed by atoms with Crippen molar-refractivity contribution in [3.63, 3.8) is 0 Å². The van der Waals surface area contributed by atoms with E-state index in [1.54, 1.807) is 0 Å². The standard InChI is InChI=1S/C23H15O/c24-23(18-5-2-1-3-6-18)20-14-12-17-10-9-15-7-4-8-16-11-13-19(20)22(17)21(15)16/h1-7,9-14H,8H2/q+1. The molecule has 0 fully saturated rings. The van der Waals surface area contributed by atoms with Gasteiger partial charge >= 0.3 is 0 Å². The summed E-state index contributed by atoms with van der Waals surface area (Å²) >= 11 is 0. The number of hydrogen-bond acceptors (Lipinski definition) is 1. The van der Waals surface area contributed by atoms with Crippen LogP contribution in [0.1, 0.15) is 21.5 Å². The molecule has 0 N–H and O–H groups in total. The largest absolute Gasteiger partial charge is 0.289 e. The highest BCUT2D eigenvalue weighted by Gasteiger charge is 2.20. The molecule has 0 unspecified atom stereocenters. The summed E-state index contributed by atoms with van der Waals surface area (Å²) in [7, 11) is 0. The Morgan fingerprint density at radius 3 is 2.54 bits per heavy atom. The average molecular weight is 307 g/mol. The maximum atomic E-state index is 13.0. The molecule has 5 rings (SSSR count). The van der Waals surface area contributed by atoms with Crippen LogP contribution in [-0.4, -0.2) is 5.78 Å². The van der Waals surface area contributed by atoms with Crippen molar-refractivity contribution in [1.82, 2.24) is 0 Å². The molecule has 1 heteroatoms. The van der Waals surface area contributed by atoms with Crippen LogP contribution in [0.25, 0.3) is 27.6 Å². The van der Waals surface area contributed by atoms with Gasteiger partial charge in [0.05, 0.1) is 11.8 Å². The van der Waals surface area contributed by atoms with Crippen molar-refractivity contribution in [3.05, 3.63) is 95.1 Å². The fourth-order valence-corrected chi connectivity index (χ4v) is 3.81. The normalized spacial score (nSPS) is 12.8. The maximum Gasteiger partial charge on any atom is 0.193 e. The number of ketones is 1. The summed E-state index contributed by atoms with van der Waals surface area (Å²) in [6, 6.07) is 22.2. The zero-order chi connectivity index (χ0) is 16.1. The van der Waals surface area contributed by atoms with E-state index in [0.717, 1.165) is 22.9 Å². The minimum absolute atomic E-state index is 0.0876. The van der Waals surface area contributed by atoms with Crippen LogP contribution < -0.4 is 5.22 Å². The molecule has 0 aliphatic heterocycles. The Labute approximate surface area is 140 Å². The van der Waals surface area contributed by atoms with Gasteiger partial charge in [-0.2, -0.15) is 0 Å². The molecule has 112 valence electrons. The molecule has 24 heavy (non-hydrogen) atoms.